The topological polar surface area (TPSA) is 68.2 Å². The first-order chi connectivity index (χ1) is 7.00. The molecule has 0 saturated heterocycles. The van der Waals surface area contributed by atoms with Crippen molar-refractivity contribution >= 4 is 17.4 Å². The Bertz CT molecular complexity index is 327. The lowest BCUT2D eigenvalue weighted by molar-refractivity contribution is 0.383. The quantitative estimate of drug-likeness (QED) is 0.815. The van der Waals surface area contributed by atoms with Crippen LogP contribution in [0.1, 0.15) is 18.0 Å². The molecule has 15 heavy (non-hydrogen) atoms. The number of anilines is 1. The molecule has 0 aliphatic carbocycles. The Balaban J connectivity index is 2.72. The number of aromatic nitrogens is 1. The maximum absolute atomic E-state index is 6.01. The third-order valence-electron chi connectivity index (χ3n) is 2.20. The van der Waals surface area contributed by atoms with Crippen molar-refractivity contribution < 1.29 is 0 Å². The van der Waals surface area contributed by atoms with Crippen molar-refractivity contribution in [2.75, 3.05) is 26.4 Å². The third kappa shape index (κ3) is 3.66. The van der Waals surface area contributed by atoms with Crippen molar-refractivity contribution in [3.63, 3.8) is 0 Å². The highest BCUT2D eigenvalue weighted by Crippen LogP contribution is 2.22. The van der Waals surface area contributed by atoms with Gasteiger partial charge in [-0.25, -0.2) is 4.98 Å². The van der Waals surface area contributed by atoms with Crippen molar-refractivity contribution in [1.29, 1.82) is 0 Å². The van der Waals surface area contributed by atoms with Crippen molar-refractivity contribution in [1.82, 2.24) is 9.88 Å². The smallest absolute Gasteiger partial charge is 0.128 e. The monoisotopic (exact) mass is 228 g/mol. The second-order valence-electron chi connectivity index (χ2n) is 3.83. The Morgan fingerprint density at radius 2 is 2.20 bits per heavy atom. The first-order valence-corrected chi connectivity index (χ1v) is 5.19. The number of nitrogens with two attached hydrogens (primary N) is 2. The average molecular weight is 229 g/mol. The van der Waals surface area contributed by atoms with Crippen LogP contribution < -0.4 is 11.5 Å². The summed E-state index contributed by atoms with van der Waals surface area (Å²) in [5, 5.41) is 0.569. The Hall–Kier alpha value is -0.840. The molecule has 1 unspecified atom stereocenters. The highest BCUT2D eigenvalue weighted by atomic mass is 35.5. The van der Waals surface area contributed by atoms with E-state index < -0.39 is 0 Å². The molecule has 1 aromatic heterocycles. The highest BCUT2D eigenvalue weighted by Gasteiger charge is 2.11. The predicted molar refractivity (Wildman–Crippen MR) is 63.8 cm³/mol. The molecule has 0 spiro atoms. The normalized spacial score (nSPS) is 13.1. The molecule has 1 heterocycles. The molecule has 0 radical (unpaired) electrons. The Morgan fingerprint density at radius 1 is 1.53 bits per heavy atom. The van der Waals surface area contributed by atoms with Gasteiger partial charge in [0.2, 0.25) is 0 Å². The van der Waals surface area contributed by atoms with Crippen LogP contribution in [-0.2, 0) is 0 Å². The standard InChI is InChI=1S/C10H17ClN4/c1-15(2)4-3-9(12)8-5-7(11)6-14-10(8)13/h5-6,9H,3-4,12H2,1-2H3,(H2,13,14). The van der Waals surface area contributed by atoms with E-state index in [4.69, 9.17) is 23.1 Å². The SMILES string of the molecule is CN(C)CCC(N)c1cc(Cl)cnc1N. The van der Waals surface area contributed by atoms with Crippen LogP contribution in [0.5, 0.6) is 0 Å². The zero-order chi connectivity index (χ0) is 11.4. The van der Waals surface area contributed by atoms with Gasteiger partial charge >= 0.3 is 0 Å². The zero-order valence-electron chi connectivity index (χ0n) is 9.07. The summed E-state index contributed by atoms with van der Waals surface area (Å²) in [6.07, 6.45) is 2.36. The average Bonchev–Trinajstić information content (AvgIpc) is 2.18. The molecule has 0 aliphatic rings. The number of pyridine rings is 1. The van der Waals surface area contributed by atoms with E-state index in [1.165, 1.54) is 6.20 Å². The molecule has 1 rings (SSSR count). The summed E-state index contributed by atoms with van der Waals surface area (Å²) in [5.41, 5.74) is 12.6. The fraction of sp³-hybridized carbons (Fsp3) is 0.500. The Labute approximate surface area is 95.2 Å². The van der Waals surface area contributed by atoms with Gasteiger partial charge < -0.3 is 16.4 Å². The van der Waals surface area contributed by atoms with Crippen molar-refractivity contribution in [3.8, 4) is 0 Å². The van der Waals surface area contributed by atoms with E-state index in [9.17, 15) is 0 Å². The second kappa shape index (κ2) is 5.30. The summed E-state index contributed by atoms with van der Waals surface area (Å²) in [7, 11) is 4.01. The summed E-state index contributed by atoms with van der Waals surface area (Å²) >= 11 is 5.84. The van der Waals surface area contributed by atoms with Gasteiger partial charge in [0.05, 0.1) is 5.02 Å². The largest absolute Gasteiger partial charge is 0.383 e. The molecule has 0 aliphatic heterocycles. The molecule has 0 fully saturated rings. The number of hydrogen-bond acceptors (Lipinski definition) is 4. The van der Waals surface area contributed by atoms with E-state index in [0.717, 1.165) is 18.5 Å². The van der Waals surface area contributed by atoms with Crippen LogP contribution in [-0.4, -0.2) is 30.5 Å². The fourth-order valence-corrected chi connectivity index (χ4v) is 1.48. The van der Waals surface area contributed by atoms with Crippen molar-refractivity contribution in [3.05, 3.63) is 22.8 Å². The molecule has 0 saturated carbocycles. The third-order valence-corrected chi connectivity index (χ3v) is 2.41. The van der Waals surface area contributed by atoms with Gasteiger partial charge in [0.15, 0.2) is 0 Å². The van der Waals surface area contributed by atoms with Crippen LogP contribution in [0.3, 0.4) is 0 Å². The van der Waals surface area contributed by atoms with Gasteiger partial charge in [0.1, 0.15) is 5.82 Å². The van der Waals surface area contributed by atoms with Crippen LogP contribution in [0.25, 0.3) is 0 Å². The summed E-state index contributed by atoms with van der Waals surface area (Å²) in [6.45, 7) is 0.910. The Kier molecular flexibility index (Phi) is 4.32. The van der Waals surface area contributed by atoms with Crippen LogP contribution in [0.15, 0.2) is 12.3 Å². The van der Waals surface area contributed by atoms with Crippen LogP contribution in [0, 0.1) is 0 Å². The van der Waals surface area contributed by atoms with Crippen molar-refractivity contribution in [2.45, 2.75) is 12.5 Å². The van der Waals surface area contributed by atoms with Crippen molar-refractivity contribution in [2.24, 2.45) is 5.73 Å². The molecular formula is C10H17ClN4. The predicted octanol–water partition coefficient (Wildman–Crippen LogP) is 1.27. The van der Waals surface area contributed by atoms with Gasteiger partial charge in [-0.15, -0.1) is 0 Å². The van der Waals surface area contributed by atoms with Crippen LogP contribution >= 0.6 is 11.6 Å². The van der Waals surface area contributed by atoms with Gasteiger partial charge in [-0.3, -0.25) is 0 Å². The molecule has 5 heteroatoms. The summed E-state index contributed by atoms with van der Waals surface area (Å²) in [5.74, 6) is 0.464. The molecular weight excluding hydrogens is 212 g/mol. The molecule has 1 aromatic rings. The maximum atomic E-state index is 6.01. The lowest BCUT2D eigenvalue weighted by Crippen LogP contribution is -2.21. The van der Waals surface area contributed by atoms with E-state index in [1.807, 2.05) is 14.1 Å². The van der Waals surface area contributed by atoms with Crippen LogP contribution in [0.2, 0.25) is 5.02 Å². The number of nitrogen functional groups attached to an aromatic ring is 1. The molecule has 1 atom stereocenters. The summed E-state index contributed by atoms with van der Waals surface area (Å²) in [6, 6.07) is 1.67. The van der Waals surface area contributed by atoms with Gasteiger partial charge in [0, 0.05) is 17.8 Å². The zero-order valence-corrected chi connectivity index (χ0v) is 9.83. The van der Waals surface area contributed by atoms with E-state index in [0.29, 0.717) is 10.8 Å². The van der Waals surface area contributed by atoms with E-state index in [1.54, 1.807) is 6.07 Å². The van der Waals surface area contributed by atoms with Gasteiger partial charge in [-0.1, -0.05) is 11.6 Å². The highest BCUT2D eigenvalue weighted by molar-refractivity contribution is 6.30. The molecule has 0 amide bonds. The van der Waals surface area contributed by atoms with E-state index >= 15 is 0 Å². The number of hydrogen-bond donors (Lipinski definition) is 2. The van der Waals surface area contributed by atoms with E-state index in [-0.39, 0.29) is 6.04 Å². The number of halogens is 1. The van der Waals surface area contributed by atoms with E-state index in [2.05, 4.69) is 9.88 Å². The molecule has 84 valence electrons. The molecule has 4 N–H and O–H groups in total. The minimum atomic E-state index is -0.112. The number of nitrogens with zero attached hydrogens (tertiary/aromatic N) is 2. The van der Waals surface area contributed by atoms with Gasteiger partial charge in [-0.05, 0) is 33.1 Å². The maximum Gasteiger partial charge on any atom is 0.128 e. The first kappa shape index (κ1) is 12.2. The first-order valence-electron chi connectivity index (χ1n) is 4.82. The molecule has 0 aromatic carbocycles. The van der Waals surface area contributed by atoms with Gasteiger partial charge in [0.25, 0.3) is 0 Å². The second-order valence-corrected chi connectivity index (χ2v) is 4.26. The molecule has 4 nitrogen and oxygen atoms in total. The lowest BCUT2D eigenvalue weighted by Gasteiger charge is -2.16. The van der Waals surface area contributed by atoms with Crippen LogP contribution in [0.4, 0.5) is 5.82 Å². The summed E-state index contributed by atoms with van der Waals surface area (Å²) in [4.78, 5) is 6.06. The Morgan fingerprint density at radius 3 is 2.80 bits per heavy atom. The fourth-order valence-electron chi connectivity index (χ4n) is 1.32. The minimum Gasteiger partial charge on any atom is -0.383 e. The minimum absolute atomic E-state index is 0.112. The number of rotatable bonds is 4. The lowest BCUT2D eigenvalue weighted by atomic mass is 10.1. The summed E-state index contributed by atoms with van der Waals surface area (Å²) < 4.78 is 0. The van der Waals surface area contributed by atoms with Gasteiger partial charge in [-0.2, -0.15) is 0 Å². The molecule has 0 bridgehead atoms.